The van der Waals surface area contributed by atoms with Crippen LogP contribution in [0.3, 0.4) is 0 Å². The fourth-order valence-corrected chi connectivity index (χ4v) is 2.12. The highest BCUT2D eigenvalue weighted by molar-refractivity contribution is 9.10. The van der Waals surface area contributed by atoms with Gasteiger partial charge in [-0.3, -0.25) is 10.8 Å². The van der Waals surface area contributed by atoms with Crippen molar-refractivity contribution >= 4 is 15.9 Å². The Kier molecular flexibility index (Phi) is 4.47. The second kappa shape index (κ2) is 6.10. The first-order chi connectivity index (χ1) is 9.17. The maximum atomic E-state index is 5.66. The molecule has 6 heteroatoms. The summed E-state index contributed by atoms with van der Waals surface area (Å²) in [5.74, 6) is 6.13. The van der Waals surface area contributed by atoms with Gasteiger partial charge in [-0.05, 0) is 24.1 Å². The van der Waals surface area contributed by atoms with Gasteiger partial charge in [-0.15, -0.1) is 0 Å². The largest absolute Gasteiger partial charge is 0.480 e. The molecule has 2 rings (SSSR count). The number of halogens is 1. The number of hydrazine groups is 1. The number of nitrogens with one attached hydrogen (secondary N) is 1. The van der Waals surface area contributed by atoms with Gasteiger partial charge >= 0.3 is 0 Å². The van der Waals surface area contributed by atoms with Gasteiger partial charge in [0.1, 0.15) is 5.69 Å². The van der Waals surface area contributed by atoms with Crippen LogP contribution in [-0.4, -0.2) is 17.1 Å². The molecule has 0 bridgehead atoms. The van der Waals surface area contributed by atoms with Gasteiger partial charge in [-0.25, -0.2) is 10.4 Å². The first kappa shape index (κ1) is 13.9. The Balaban J connectivity index is 2.46. The molecule has 1 atom stereocenters. The SMILES string of the molecule is COc1nccnc1C(NN)c1ccc(Br)c(C)c1. The van der Waals surface area contributed by atoms with Crippen molar-refractivity contribution in [1.29, 1.82) is 0 Å². The number of hydrogen-bond acceptors (Lipinski definition) is 5. The van der Waals surface area contributed by atoms with Crippen LogP contribution >= 0.6 is 15.9 Å². The van der Waals surface area contributed by atoms with Crippen LogP contribution in [0.15, 0.2) is 35.1 Å². The molecule has 0 aliphatic rings. The fraction of sp³-hybridized carbons (Fsp3) is 0.231. The molecule has 0 saturated heterocycles. The van der Waals surface area contributed by atoms with E-state index in [1.807, 2.05) is 25.1 Å². The van der Waals surface area contributed by atoms with Crippen LogP contribution in [-0.2, 0) is 0 Å². The van der Waals surface area contributed by atoms with Crippen LogP contribution < -0.4 is 16.0 Å². The Bertz CT molecular complexity index is 576. The zero-order valence-corrected chi connectivity index (χ0v) is 12.3. The topological polar surface area (TPSA) is 73.1 Å². The lowest BCUT2D eigenvalue weighted by atomic mass is 10.0. The van der Waals surface area contributed by atoms with E-state index in [4.69, 9.17) is 10.6 Å². The Morgan fingerprint density at radius 3 is 2.68 bits per heavy atom. The van der Waals surface area contributed by atoms with Crippen molar-refractivity contribution in [1.82, 2.24) is 15.4 Å². The predicted octanol–water partition coefficient (Wildman–Crippen LogP) is 2.11. The first-order valence-corrected chi connectivity index (χ1v) is 6.53. The molecule has 100 valence electrons. The summed E-state index contributed by atoms with van der Waals surface area (Å²) in [6.45, 7) is 2.02. The van der Waals surface area contributed by atoms with Gasteiger partial charge in [0.15, 0.2) is 0 Å². The summed E-state index contributed by atoms with van der Waals surface area (Å²) in [6, 6.07) is 5.74. The lowest BCUT2D eigenvalue weighted by Crippen LogP contribution is -2.30. The maximum Gasteiger partial charge on any atom is 0.237 e. The Morgan fingerprint density at radius 2 is 2.05 bits per heavy atom. The van der Waals surface area contributed by atoms with E-state index in [1.165, 1.54) is 0 Å². The number of aromatic nitrogens is 2. The molecule has 0 saturated carbocycles. The Labute approximate surface area is 120 Å². The third-order valence-electron chi connectivity index (χ3n) is 2.84. The molecular formula is C13H15BrN4O. The van der Waals surface area contributed by atoms with Gasteiger partial charge in [0.05, 0.1) is 13.2 Å². The molecule has 1 aromatic carbocycles. The third kappa shape index (κ3) is 2.91. The van der Waals surface area contributed by atoms with E-state index >= 15 is 0 Å². The van der Waals surface area contributed by atoms with Crippen molar-refractivity contribution in [2.75, 3.05) is 7.11 Å². The number of rotatable bonds is 4. The average Bonchev–Trinajstić information content (AvgIpc) is 2.44. The van der Waals surface area contributed by atoms with Crippen LogP contribution in [0.5, 0.6) is 5.88 Å². The van der Waals surface area contributed by atoms with Crippen LogP contribution in [0, 0.1) is 6.92 Å². The van der Waals surface area contributed by atoms with Crippen LogP contribution in [0.4, 0.5) is 0 Å². The number of ether oxygens (including phenoxy) is 1. The van der Waals surface area contributed by atoms with E-state index in [1.54, 1.807) is 19.5 Å². The summed E-state index contributed by atoms with van der Waals surface area (Å²) in [4.78, 5) is 8.45. The molecule has 0 amide bonds. The van der Waals surface area contributed by atoms with Crippen molar-refractivity contribution in [2.45, 2.75) is 13.0 Å². The molecule has 0 radical (unpaired) electrons. The fourth-order valence-electron chi connectivity index (χ4n) is 1.87. The zero-order chi connectivity index (χ0) is 13.8. The molecule has 1 heterocycles. The van der Waals surface area contributed by atoms with Crippen LogP contribution in [0.25, 0.3) is 0 Å². The van der Waals surface area contributed by atoms with Gasteiger partial charge in [-0.1, -0.05) is 28.1 Å². The highest BCUT2D eigenvalue weighted by Crippen LogP contribution is 2.28. The summed E-state index contributed by atoms with van der Waals surface area (Å²) in [7, 11) is 1.56. The lowest BCUT2D eigenvalue weighted by Gasteiger charge is -2.18. The minimum Gasteiger partial charge on any atom is -0.480 e. The molecule has 0 fully saturated rings. The molecule has 0 aliphatic heterocycles. The predicted molar refractivity (Wildman–Crippen MR) is 76.6 cm³/mol. The van der Waals surface area contributed by atoms with E-state index in [0.717, 1.165) is 15.6 Å². The summed E-state index contributed by atoms with van der Waals surface area (Å²) in [5, 5.41) is 0. The summed E-state index contributed by atoms with van der Waals surface area (Å²) in [5.41, 5.74) is 5.55. The van der Waals surface area contributed by atoms with E-state index in [0.29, 0.717) is 11.6 Å². The van der Waals surface area contributed by atoms with Crippen LogP contribution in [0.2, 0.25) is 0 Å². The van der Waals surface area contributed by atoms with Gasteiger partial charge < -0.3 is 4.74 Å². The van der Waals surface area contributed by atoms with Gasteiger partial charge in [-0.2, -0.15) is 0 Å². The highest BCUT2D eigenvalue weighted by atomic mass is 79.9. The molecule has 19 heavy (non-hydrogen) atoms. The lowest BCUT2D eigenvalue weighted by molar-refractivity contribution is 0.383. The van der Waals surface area contributed by atoms with Crippen molar-refractivity contribution in [3.63, 3.8) is 0 Å². The smallest absolute Gasteiger partial charge is 0.237 e. The number of nitrogens with two attached hydrogens (primary N) is 1. The van der Waals surface area contributed by atoms with Gasteiger partial charge in [0.25, 0.3) is 0 Å². The summed E-state index contributed by atoms with van der Waals surface area (Å²) >= 11 is 3.48. The number of nitrogens with zero attached hydrogens (tertiary/aromatic N) is 2. The molecule has 1 unspecified atom stereocenters. The Morgan fingerprint density at radius 1 is 1.32 bits per heavy atom. The zero-order valence-electron chi connectivity index (χ0n) is 10.7. The van der Waals surface area contributed by atoms with Crippen molar-refractivity contribution in [3.8, 4) is 5.88 Å². The summed E-state index contributed by atoms with van der Waals surface area (Å²) in [6.07, 6.45) is 3.21. The molecule has 5 nitrogen and oxygen atoms in total. The van der Waals surface area contributed by atoms with Gasteiger partial charge in [0.2, 0.25) is 5.88 Å². The van der Waals surface area contributed by atoms with E-state index in [-0.39, 0.29) is 6.04 Å². The normalized spacial score (nSPS) is 12.2. The number of aryl methyl sites for hydroxylation is 1. The average molecular weight is 323 g/mol. The number of benzene rings is 1. The minimum absolute atomic E-state index is 0.268. The van der Waals surface area contributed by atoms with Gasteiger partial charge in [0, 0.05) is 16.9 Å². The second-order valence-electron chi connectivity index (χ2n) is 4.06. The highest BCUT2D eigenvalue weighted by Gasteiger charge is 2.19. The first-order valence-electron chi connectivity index (χ1n) is 5.74. The van der Waals surface area contributed by atoms with E-state index in [2.05, 4.69) is 31.3 Å². The third-order valence-corrected chi connectivity index (χ3v) is 3.73. The second-order valence-corrected chi connectivity index (χ2v) is 4.91. The van der Waals surface area contributed by atoms with Crippen LogP contribution in [0.1, 0.15) is 22.9 Å². The molecule has 0 spiro atoms. The molecule has 2 aromatic rings. The molecular weight excluding hydrogens is 308 g/mol. The van der Waals surface area contributed by atoms with Crippen molar-refractivity contribution in [2.24, 2.45) is 5.84 Å². The van der Waals surface area contributed by atoms with E-state index < -0.39 is 0 Å². The number of methoxy groups -OCH3 is 1. The molecule has 0 aliphatic carbocycles. The quantitative estimate of drug-likeness (QED) is 0.666. The van der Waals surface area contributed by atoms with E-state index in [9.17, 15) is 0 Å². The number of hydrogen-bond donors (Lipinski definition) is 2. The molecule has 1 aromatic heterocycles. The van der Waals surface area contributed by atoms with Crippen molar-refractivity contribution in [3.05, 3.63) is 51.9 Å². The van der Waals surface area contributed by atoms with Crippen molar-refractivity contribution < 1.29 is 4.74 Å². The monoisotopic (exact) mass is 322 g/mol. The summed E-state index contributed by atoms with van der Waals surface area (Å²) < 4.78 is 6.28. The minimum atomic E-state index is -0.268. The Hall–Kier alpha value is -1.50. The molecule has 3 N–H and O–H groups in total. The standard InChI is InChI=1S/C13H15BrN4O/c1-8-7-9(3-4-10(8)14)11(18-15)12-13(19-2)17-6-5-16-12/h3-7,11,18H,15H2,1-2H3. The maximum absolute atomic E-state index is 5.66.